The van der Waals surface area contributed by atoms with Crippen LogP contribution in [0.4, 0.5) is 0 Å². The Kier molecular flexibility index (Phi) is 1.71. The predicted molar refractivity (Wildman–Crippen MR) is 51.0 cm³/mol. The number of rotatable bonds is 1. The van der Waals surface area contributed by atoms with Crippen LogP contribution in [0.15, 0.2) is 12.1 Å². The Morgan fingerprint density at radius 3 is 2.82 bits per heavy atom. The SMILES string of the molecule is Cc1cc2cc(C[NH3+])sc2s1. The zero-order valence-corrected chi connectivity index (χ0v) is 8.02. The lowest BCUT2D eigenvalue weighted by molar-refractivity contribution is -0.385. The third kappa shape index (κ3) is 1.20. The summed E-state index contributed by atoms with van der Waals surface area (Å²) in [6, 6.07) is 4.49. The molecule has 0 radical (unpaired) electrons. The molecule has 0 aliphatic carbocycles. The van der Waals surface area contributed by atoms with E-state index in [2.05, 4.69) is 24.8 Å². The molecule has 3 heteroatoms. The summed E-state index contributed by atoms with van der Waals surface area (Å²) in [6.07, 6.45) is 0. The second-order valence-corrected chi connectivity index (χ2v) is 5.21. The van der Waals surface area contributed by atoms with Crippen molar-refractivity contribution in [3.63, 3.8) is 0 Å². The van der Waals surface area contributed by atoms with Gasteiger partial charge in [-0.3, -0.25) is 0 Å². The molecule has 0 unspecified atom stereocenters. The molecule has 0 spiro atoms. The van der Waals surface area contributed by atoms with E-state index in [0.29, 0.717) is 0 Å². The summed E-state index contributed by atoms with van der Waals surface area (Å²) >= 11 is 3.75. The zero-order chi connectivity index (χ0) is 7.84. The largest absolute Gasteiger partial charge is 0.353 e. The molecular weight excluding hydrogens is 174 g/mol. The van der Waals surface area contributed by atoms with Crippen molar-refractivity contribution in [2.45, 2.75) is 13.5 Å². The van der Waals surface area contributed by atoms with Gasteiger partial charge in [-0.05, 0) is 19.1 Å². The number of aryl methyl sites for hydroxylation is 1. The lowest BCUT2D eigenvalue weighted by Crippen LogP contribution is -2.47. The van der Waals surface area contributed by atoms with E-state index >= 15 is 0 Å². The van der Waals surface area contributed by atoms with E-state index in [1.54, 1.807) is 0 Å². The van der Waals surface area contributed by atoms with Gasteiger partial charge in [0.1, 0.15) is 6.54 Å². The van der Waals surface area contributed by atoms with Gasteiger partial charge in [0.05, 0.1) is 8.89 Å². The Balaban J connectivity index is 2.64. The summed E-state index contributed by atoms with van der Waals surface area (Å²) in [5.41, 5.74) is 3.87. The number of fused-ring (bicyclic) bond motifs is 1. The number of quaternary nitrogens is 1. The first-order valence-corrected chi connectivity index (χ1v) is 5.21. The third-order valence-electron chi connectivity index (χ3n) is 1.63. The van der Waals surface area contributed by atoms with E-state index in [9.17, 15) is 0 Å². The van der Waals surface area contributed by atoms with Gasteiger partial charge in [-0.2, -0.15) is 0 Å². The van der Waals surface area contributed by atoms with E-state index in [-0.39, 0.29) is 0 Å². The van der Waals surface area contributed by atoms with Crippen LogP contribution in [0.2, 0.25) is 0 Å². The van der Waals surface area contributed by atoms with Gasteiger partial charge < -0.3 is 5.73 Å². The maximum Gasteiger partial charge on any atom is 0.109 e. The summed E-state index contributed by atoms with van der Waals surface area (Å²) in [6.45, 7) is 3.08. The highest BCUT2D eigenvalue weighted by molar-refractivity contribution is 7.38. The molecule has 2 rings (SSSR count). The normalized spacial score (nSPS) is 11.1. The average Bonchev–Trinajstić information content (AvgIpc) is 2.43. The van der Waals surface area contributed by atoms with Gasteiger partial charge in [0.2, 0.25) is 0 Å². The Labute approximate surface area is 73.5 Å². The molecule has 0 bridgehead atoms. The smallest absolute Gasteiger partial charge is 0.109 e. The first kappa shape index (κ1) is 7.28. The Morgan fingerprint density at radius 2 is 2.18 bits per heavy atom. The third-order valence-corrected chi connectivity index (χ3v) is 4.00. The van der Waals surface area contributed by atoms with Crippen molar-refractivity contribution in [1.82, 2.24) is 0 Å². The number of thiophene rings is 2. The summed E-state index contributed by atoms with van der Waals surface area (Å²) in [7, 11) is 0. The zero-order valence-electron chi connectivity index (χ0n) is 6.39. The van der Waals surface area contributed by atoms with Crippen LogP contribution in [0, 0.1) is 6.92 Å². The minimum atomic E-state index is 0.922. The molecule has 0 aliphatic heterocycles. The lowest BCUT2D eigenvalue weighted by Gasteiger charge is -1.79. The Hall–Kier alpha value is -0.380. The van der Waals surface area contributed by atoms with Crippen LogP contribution in [-0.4, -0.2) is 0 Å². The summed E-state index contributed by atoms with van der Waals surface area (Å²) in [4.78, 5) is 2.80. The highest BCUT2D eigenvalue weighted by atomic mass is 32.2. The van der Waals surface area contributed by atoms with Crippen molar-refractivity contribution in [3.8, 4) is 0 Å². The first-order valence-electron chi connectivity index (χ1n) is 3.57. The van der Waals surface area contributed by atoms with Crippen molar-refractivity contribution < 1.29 is 5.73 Å². The van der Waals surface area contributed by atoms with Crippen LogP contribution in [-0.2, 0) is 6.54 Å². The molecule has 2 heterocycles. The van der Waals surface area contributed by atoms with Crippen molar-refractivity contribution in [3.05, 3.63) is 21.9 Å². The number of hydrogen-bond acceptors (Lipinski definition) is 2. The molecule has 0 saturated carbocycles. The Morgan fingerprint density at radius 1 is 1.36 bits per heavy atom. The molecule has 0 saturated heterocycles. The maximum absolute atomic E-state index is 3.87. The van der Waals surface area contributed by atoms with E-state index in [0.717, 1.165) is 6.54 Å². The van der Waals surface area contributed by atoms with Crippen molar-refractivity contribution >= 4 is 32.1 Å². The quantitative estimate of drug-likeness (QED) is 0.702. The van der Waals surface area contributed by atoms with E-state index in [1.165, 1.54) is 19.2 Å². The minimum absolute atomic E-state index is 0.922. The molecule has 0 atom stereocenters. The standard InChI is InChI=1S/C8H9NS2/c1-5-2-6-3-7(4-9)11-8(6)10-5/h2-3H,4,9H2,1H3/p+1. The molecule has 11 heavy (non-hydrogen) atoms. The van der Waals surface area contributed by atoms with Crippen LogP contribution in [0.1, 0.15) is 9.75 Å². The Bertz CT molecular complexity index is 341. The molecule has 3 N–H and O–H groups in total. The van der Waals surface area contributed by atoms with Gasteiger partial charge in [0.25, 0.3) is 0 Å². The van der Waals surface area contributed by atoms with Crippen LogP contribution >= 0.6 is 22.7 Å². The van der Waals surface area contributed by atoms with Gasteiger partial charge in [-0.15, -0.1) is 22.7 Å². The molecule has 2 aromatic heterocycles. The molecule has 1 nitrogen and oxygen atoms in total. The predicted octanol–water partition coefficient (Wildman–Crippen LogP) is 2.01. The minimum Gasteiger partial charge on any atom is -0.353 e. The molecule has 0 aromatic carbocycles. The van der Waals surface area contributed by atoms with Crippen molar-refractivity contribution in [2.75, 3.05) is 0 Å². The molecular formula is C8H10NS2+. The average molecular weight is 184 g/mol. The van der Waals surface area contributed by atoms with Crippen molar-refractivity contribution in [1.29, 1.82) is 0 Å². The van der Waals surface area contributed by atoms with Gasteiger partial charge in [0.15, 0.2) is 0 Å². The second-order valence-electron chi connectivity index (χ2n) is 2.56. The molecule has 0 fully saturated rings. The van der Waals surface area contributed by atoms with Gasteiger partial charge in [-0.1, -0.05) is 0 Å². The van der Waals surface area contributed by atoms with Crippen LogP contribution in [0.5, 0.6) is 0 Å². The topological polar surface area (TPSA) is 27.6 Å². The molecule has 0 amide bonds. The monoisotopic (exact) mass is 184 g/mol. The van der Waals surface area contributed by atoms with Crippen molar-refractivity contribution in [2.24, 2.45) is 0 Å². The summed E-state index contributed by atoms with van der Waals surface area (Å²) < 4.78 is 1.45. The van der Waals surface area contributed by atoms with E-state index in [1.807, 2.05) is 22.7 Å². The van der Waals surface area contributed by atoms with E-state index in [4.69, 9.17) is 0 Å². The lowest BCUT2D eigenvalue weighted by atomic mass is 10.3. The fourth-order valence-corrected chi connectivity index (χ4v) is 3.50. The molecule has 2 aromatic rings. The van der Waals surface area contributed by atoms with Gasteiger partial charge >= 0.3 is 0 Å². The van der Waals surface area contributed by atoms with E-state index < -0.39 is 0 Å². The van der Waals surface area contributed by atoms with Crippen LogP contribution in [0.25, 0.3) is 9.40 Å². The summed E-state index contributed by atoms with van der Waals surface area (Å²) in [5, 5.41) is 1.40. The second kappa shape index (κ2) is 2.59. The van der Waals surface area contributed by atoms with Crippen LogP contribution < -0.4 is 5.73 Å². The fourth-order valence-electron chi connectivity index (χ4n) is 1.14. The maximum atomic E-state index is 3.87. The molecule has 58 valence electrons. The van der Waals surface area contributed by atoms with Gasteiger partial charge in [-0.25, -0.2) is 0 Å². The fraction of sp³-hybridized carbons (Fsp3) is 0.250. The number of hydrogen-bond donors (Lipinski definition) is 1. The van der Waals surface area contributed by atoms with Crippen LogP contribution in [0.3, 0.4) is 0 Å². The molecule has 0 aliphatic rings. The highest BCUT2D eigenvalue weighted by Gasteiger charge is 2.03. The van der Waals surface area contributed by atoms with Gasteiger partial charge in [0, 0.05) is 10.3 Å². The first-order chi connectivity index (χ1) is 5.29. The summed E-state index contributed by atoms with van der Waals surface area (Å²) in [5.74, 6) is 0. The highest BCUT2D eigenvalue weighted by Crippen LogP contribution is 2.32.